The van der Waals surface area contributed by atoms with Crippen LogP contribution in [0.4, 0.5) is 0 Å². The van der Waals surface area contributed by atoms with Crippen LogP contribution in [0.2, 0.25) is 0 Å². The molecule has 0 spiro atoms. The van der Waals surface area contributed by atoms with Crippen LogP contribution in [0.15, 0.2) is 24.3 Å². The molecule has 1 saturated heterocycles. The van der Waals surface area contributed by atoms with Crippen molar-refractivity contribution in [1.29, 1.82) is 0 Å². The molecular weight excluding hydrogens is 451 g/mol. The van der Waals surface area contributed by atoms with Gasteiger partial charge in [0.1, 0.15) is 6.54 Å². The lowest BCUT2D eigenvalue weighted by Gasteiger charge is -2.37. The smallest absolute Gasteiger partial charge is 0.338 e. The first-order chi connectivity index (χ1) is 16.3. The van der Waals surface area contributed by atoms with Crippen molar-refractivity contribution in [3.05, 3.63) is 35.4 Å². The molecule has 0 saturated carbocycles. The fraction of sp³-hybridized carbons (Fsp3) is 0.731. The molecule has 1 fully saturated rings. The molecule has 1 aliphatic rings. The Hall–Kier alpha value is -1.24. The average molecular weight is 497 g/mol. The van der Waals surface area contributed by atoms with E-state index in [0.29, 0.717) is 18.7 Å². The van der Waals surface area contributed by atoms with Crippen molar-refractivity contribution in [1.82, 2.24) is 5.09 Å². The van der Waals surface area contributed by atoms with Crippen LogP contribution in [0.25, 0.3) is 0 Å². The van der Waals surface area contributed by atoms with Gasteiger partial charge in [-0.15, -0.1) is 0 Å². The average Bonchev–Trinajstić information content (AvgIpc) is 2.79. The molecule has 7 nitrogen and oxygen atoms in total. The minimum atomic E-state index is -4.31. The van der Waals surface area contributed by atoms with E-state index in [4.69, 9.17) is 9.63 Å². The second-order valence-electron chi connectivity index (χ2n) is 10.1. The van der Waals surface area contributed by atoms with Crippen LogP contribution in [0.3, 0.4) is 0 Å². The van der Waals surface area contributed by atoms with Crippen LogP contribution in [-0.2, 0) is 15.8 Å². The van der Waals surface area contributed by atoms with Gasteiger partial charge in [-0.25, -0.2) is 4.79 Å². The van der Waals surface area contributed by atoms with E-state index in [9.17, 15) is 14.3 Å². The summed E-state index contributed by atoms with van der Waals surface area (Å²) in [6, 6.07) is 7.95. The summed E-state index contributed by atoms with van der Waals surface area (Å²) in [5.74, 6) is -0.225. The van der Waals surface area contributed by atoms with E-state index in [-0.39, 0.29) is 5.97 Å². The lowest BCUT2D eigenvalue weighted by Crippen LogP contribution is -2.46. The van der Waals surface area contributed by atoms with Crippen LogP contribution in [0.5, 0.6) is 0 Å². The molecule has 194 valence electrons. The molecule has 0 aromatic heterocycles. The van der Waals surface area contributed by atoms with Gasteiger partial charge in [-0.2, -0.15) is 0 Å². The van der Waals surface area contributed by atoms with Crippen molar-refractivity contribution >= 4 is 13.7 Å². The number of carbonyl (C=O) groups excluding carboxylic acids is 1. The van der Waals surface area contributed by atoms with E-state index in [1.165, 1.54) is 57.2 Å². The first-order valence-electron chi connectivity index (χ1n) is 13.2. The van der Waals surface area contributed by atoms with Gasteiger partial charge in [-0.3, -0.25) is 9.65 Å². The van der Waals surface area contributed by atoms with Gasteiger partial charge in [-0.05, 0) is 44.2 Å². The number of esters is 1. The molecule has 2 rings (SSSR count). The molecule has 1 aromatic rings. The molecule has 0 amide bonds. The second-order valence-corrected chi connectivity index (χ2v) is 11.4. The summed E-state index contributed by atoms with van der Waals surface area (Å²) in [7, 11) is -1.97. The number of hydrogen-bond donors (Lipinski definition) is 2. The van der Waals surface area contributed by atoms with Gasteiger partial charge in [0.05, 0.1) is 32.3 Å². The predicted octanol–water partition coefficient (Wildman–Crippen LogP) is 4.93. The maximum absolute atomic E-state index is 12.3. The molecule has 8 heteroatoms. The molecule has 1 atom stereocenters. The molecule has 1 heterocycles. The van der Waals surface area contributed by atoms with E-state index in [0.717, 1.165) is 56.0 Å². The SMILES string of the molecule is C[N+]1(Cc2ccc(C(=O)OCCCCCCCCCCCCNP(=O)([O-])O)cc2)CCCCC1. The van der Waals surface area contributed by atoms with E-state index < -0.39 is 7.75 Å². The molecule has 2 N–H and O–H groups in total. The van der Waals surface area contributed by atoms with E-state index in [2.05, 4.69) is 24.3 Å². The number of quaternary nitrogens is 1. The number of unbranched alkanes of at least 4 members (excludes halogenated alkanes) is 9. The summed E-state index contributed by atoms with van der Waals surface area (Å²) in [6.45, 7) is 4.30. The Morgan fingerprint density at radius 2 is 1.47 bits per heavy atom. The Morgan fingerprint density at radius 3 is 2.03 bits per heavy atom. The molecule has 0 aliphatic carbocycles. The summed E-state index contributed by atoms with van der Waals surface area (Å²) < 4.78 is 17.1. The summed E-state index contributed by atoms with van der Waals surface area (Å²) in [5.41, 5.74) is 1.93. The largest absolute Gasteiger partial charge is 0.766 e. The quantitative estimate of drug-likeness (QED) is 0.137. The van der Waals surface area contributed by atoms with Gasteiger partial charge in [0.15, 0.2) is 0 Å². The Bertz CT molecular complexity index is 744. The van der Waals surface area contributed by atoms with Crippen LogP contribution in [0.1, 0.15) is 99.4 Å². The van der Waals surface area contributed by atoms with Crippen LogP contribution >= 0.6 is 7.75 Å². The van der Waals surface area contributed by atoms with Crippen molar-refractivity contribution in [3.8, 4) is 0 Å². The Labute approximate surface area is 206 Å². The summed E-state index contributed by atoms with van der Waals surface area (Å²) in [5, 5.41) is 2.11. The fourth-order valence-corrected chi connectivity index (χ4v) is 5.17. The third-order valence-corrected chi connectivity index (χ3v) is 7.39. The van der Waals surface area contributed by atoms with Crippen molar-refractivity contribution < 1.29 is 28.4 Å². The van der Waals surface area contributed by atoms with Crippen molar-refractivity contribution in [3.63, 3.8) is 0 Å². The maximum Gasteiger partial charge on any atom is 0.338 e. The minimum Gasteiger partial charge on any atom is -0.766 e. The van der Waals surface area contributed by atoms with E-state index >= 15 is 0 Å². The van der Waals surface area contributed by atoms with Gasteiger partial charge < -0.3 is 19.0 Å². The van der Waals surface area contributed by atoms with E-state index in [1.54, 1.807) is 0 Å². The highest BCUT2D eigenvalue weighted by Crippen LogP contribution is 2.22. The number of benzene rings is 1. The normalized spacial score (nSPS) is 17.3. The summed E-state index contributed by atoms with van der Waals surface area (Å²) in [4.78, 5) is 31.4. The van der Waals surface area contributed by atoms with Gasteiger partial charge in [0.2, 0.25) is 7.75 Å². The predicted molar refractivity (Wildman–Crippen MR) is 134 cm³/mol. The number of hydrogen-bond acceptors (Lipinski definition) is 4. The first kappa shape index (κ1) is 29.0. The number of nitrogens with one attached hydrogen (secondary N) is 1. The van der Waals surface area contributed by atoms with Crippen LogP contribution in [0, 0.1) is 0 Å². The standard InChI is InChI=1S/C26H45N2O5P/c1-28(20-12-10-13-21-28)23-24-15-17-25(18-16-24)26(29)33-22-14-9-7-5-3-2-4-6-8-11-19-27-34(30,31)32/h15-18H,2-14,19-23H2,1H3,(H2-,27,30,31,32). The van der Waals surface area contributed by atoms with E-state index in [1.807, 2.05) is 12.1 Å². The number of carbonyl (C=O) groups is 1. The second kappa shape index (κ2) is 15.7. The molecule has 34 heavy (non-hydrogen) atoms. The number of ether oxygens (including phenoxy) is 1. The molecule has 0 bridgehead atoms. The summed E-state index contributed by atoms with van der Waals surface area (Å²) >= 11 is 0. The van der Waals surface area contributed by atoms with Crippen molar-refractivity contribution in [2.75, 3.05) is 33.3 Å². The molecule has 1 unspecified atom stereocenters. The Balaban J connectivity index is 1.44. The van der Waals surface area contributed by atoms with Crippen molar-refractivity contribution in [2.24, 2.45) is 0 Å². The molecule has 1 aliphatic heterocycles. The monoisotopic (exact) mass is 496 g/mol. The first-order valence-corrected chi connectivity index (χ1v) is 14.7. The number of rotatable bonds is 17. The highest BCUT2D eigenvalue weighted by Gasteiger charge is 2.24. The van der Waals surface area contributed by atoms with Gasteiger partial charge >= 0.3 is 5.97 Å². The number of nitrogens with zero attached hydrogens (tertiary/aromatic N) is 1. The number of piperidine rings is 1. The molecule has 0 radical (unpaired) electrons. The maximum atomic E-state index is 12.3. The van der Waals surface area contributed by atoms with Gasteiger partial charge in [0.25, 0.3) is 0 Å². The van der Waals surface area contributed by atoms with Crippen LogP contribution in [-0.4, -0.2) is 48.6 Å². The third kappa shape index (κ3) is 13.0. The molecular formula is C26H45N2O5P. The lowest BCUT2D eigenvalue weighted by atomic mass is 10.1. The minimum absolute atomic E-state index is 0.225. The molecule has 1 aromatic carbocycles. The highest BCUT2D eigenvalue weighted by molar-refractivity contribution is 7.48. The zero-order valence-corrected chi connectivity index (χ0v) is 21.9. The fourth-order valence-electron chi connectivity index (χ4n) is 4.73. The topological polar surface area (TPSA) is 98.7 Å². The number of likely N-dealkylation sites (tertiary alicyclic amines) is 1. The zero-order valence-electron chi connectivity index (χ0n) is 21.0. The lowest BCUT2D eigenvalue weighted by molar-refractivity contribution is -0.926. The zero-order chi connectivity index (χ0) is 24.7. The highest BCUT2D eigenvalue weighted by atomic mass is 31.2. The van der Waals surface area contributed by atoms with Gasteiger partial charge in [0, 0.05) is 12.1 Å². The van der Waals surface area contributed by atoms with Gasteiger partial charge in [-0.1, -0.05) is 63.5 Å². The summed E-state index contributed by atoms with van der Waals surface area (Å²) in [6.07, 6.45) is 14.7. The Kier molecular flexibility index (Phi) is 13.4. The van der Waals surface area contributed by atoms with Crippen molar-refractivity contribution in [2.45, 2.75) is 90.0 Å². The van der Waals surface area contributed by atoms with Crippen LogP contribution < -0.4 is 9.98 Å². The Morgan fingerprint density at radius 1 is 0.941 bits per heavy atom. The third-order valence-electron chi connectivity index (χ3n) is 6.77.